The zero-order valence-electron chi connectivity index (χ0n) is 15.8. The maximum atomic E-state index is 12.3. The summed E-state index contributed by atoms with van der Waals surface area (Å²) >= 11 is 0. The van der Waals surface area contributed by atoms with Crippen LogP contribution >= 0.6 is 0 Å². The molecule has 0 radical (unpaired) electrons. The van der Waals surface area contributed by atoms with E-state index in [-0.39, 0.29) is 5.54 Å². The van der Waals surface area contributed by atoms with E-state index in [0.717, 1.165) is 42.8 Å². The summed E-state index contributed by atoms with van der Waals surface area (Å²) in [6.07, 6.45) is 4.98. The second-order valence-corrected chi connectivity index (χ2v) is 7.89. The van der Waals surface area contributed by atoms with E-state index < -0.39 is 11.7 Å². The van der Waals surface area contributed by atoms with Gasteiger partial charge in [-0.3, -0.25) is 10.1 Å². The number of aromatic amines is 1. The molecule has 0 unspecified atom stereocenters. The predicted octanol–water partition coefficient (Wildman–Crippen LogP) is 4.15. The largest absolute Gasteiger partial charge is 0.436 e. The number of aromatic nitrogens is 3. The van der Waals surface area contributed by atoms with Crippen molar-refractivity contribution in [1.82, 2.24) is 20.5 Å². The van der Waals surface area contributed by atoms with Gasteiger partial charge in [-0.15, -0.1) is 0 Å². The molecule has 0 atom stereocenters. The summed E-state index contributed by atoms with van der Waals surface area (Å²) in [5.41, 5.74) is 1.63. The number of carbonyl (C=O) groups excluding carboxylic acids is 1. The van der Waals surface area contributed by atoms with Crippen molar-refractivity contribution in [3.05, 3.63) is 35.8 Å². The van der Waals surface area contributed by atoms with Crippen LogP contribution in [-0.2, 0) is 10.3 Å². The first-order valence-corrected chi connectivity index (χ1v) is 9.03. The van der Waals surface area contributed by atoms with E-state index in [1.807, 2.05) is 45.9 Å². The number of alkyl carbamates (subject to hydrolysis) is 1. The van der Waals surface area contributed by atoms with Gasteiger partial charge in [0.15, 0.2) is 11.4 Å². The molecule has 2 heterocycles. The van der Waals surface area contributed by atoms with Gasteiger partial charge in [-0.1, -0.05) is 0 Å². The van der Waals surface area contributed by atoms with Crippen molar-refractivity contribution in [2.45, 2.75) is 64.5 Å². The highest BCUT2D eigenvalue weighted by atomic mass is 16.6. The van der Waals surface area contributed by atoms with Crippen LogP contribution in [0.3, 0.4) is 0 Å². The number of pyridine rings is 1. The Kier molecular flexibility index (Phi) is 4.89. The first-order valence-electron chi connectivity index (χ1n) is 9.03. The molecule has 2 aromatic heterocycles. The van der Waals surface area contributed by atoms with Crippen molar-refractivity contribution in [3.63, 3.8) is 0 Å². The lowest BCUT2D eigenvalue weighted by atomic mass is 9.97. The molecule has 2 aromatic rings. The van der Waals surface area contributed by atoms with Crippen molar-refractivity contribution >= 4 is 17.6 Å². The number of ether oxygens (including phenoxy) is 1. The molecule has 26 heavy (non-hydrogen) atoms. The number of H-pyrrole nitrogens is 1. The van der Waals surface area contributed by atoms with Gasteiger partial charge in [-0.25, -0.2) is 4.79 Å². The fourth-order valence-corrected chi connectivity index (χ4v) is 3.26. The zero-order valence-corrected chi connectivity index (χ0v) is 15.8. The Bertz CT molecular complexity index is 772. The highest BCUT2D eigenvalue weighted by Gasteiger charge is 2.41. The fraction of sp³-hybridized carbons (Fsp3) is 0.526. The minimum atomic E-state index is -0.647. The van der Waals surface area contributed by atoms with Crippen LogP contribution in [0.1, 0.15) is 57.8 Å². The summed E-state index contributed by atoms with van der Waals surface area (Å²) in [5, 5.41) is 13.5. The molecule has 7 heteroatoms. The number of hydrogen-bond donors (Lipinski definition) is 3. The standard InChI is InChI=1S/C19H27N5O2/c1-13-14(8-7-11-20-13)21-16-12-15(23-24-16)19(9-5-6-10-19)26-17(25)22-18(2,3)4/h7-8,11-12H,5-6,9-10H2,1-4H3,(H,22,25)(H2,21,23,24). The Morgan fingerprint density at radius 2 is 2.04 bits per heavy atom. The molecule has 7 nitrogen and oxygen atoms in total. The summed E-state index contributed by atoms with van der Waals surface area (Å²) < 4.78 is 5.89. The predicted molar refractivity (Wildman–Crippen MR) is 100 cm³/mol. The summed E-state index contributed by atoms with van der Waals surface area (Å²) in [6.45, 7) is 7.74. The second kappa shape index (κ2) is 6.97. The van der Waals surface area contributed by atoms with Crippen molar-refractivity contribution < 1.29 is 9.53 Å². The third-order valence-corrected chi connectivity index (χ3v) is 4.51. The number of hydrogen-bond acceptors (Lipinski definition) is 5. The lowest BCUT2D eigenvalue weighted by molar-refractivity contribution is 0.00573. The van der Waals surface area contributed by atoms with Gasteiger partial charge < -0.3 is 15.4 Å². The first-order chi connectivity index (χ1) is 12.3. The van der Waals surface area contributed by atoms with Crippen molar-refractivity contribution in [2.24, 2.45) is 0 Å². The molecule has 140 valence electrons. The molecule has 1 amide bonds. The lowest BCUT2D eigenvalue weighted by Gasteiger charge is -2.30. The molecule has 1 aliphatic carbocycles. The van der Waals surface area contributed by atoms with Gasteiger partial charge >= 0.3 is 6.09 Å². The van der Waals surface area contributed by atoms with Gasteiger partial charge in [0, 0.05) is 17.8 Å². The van der Waals surface area contributed by atoms with E-state index in [0.29, 0.717) is 5.82 Å². The van der Waals surface area contributed by atoms with Gasteiger partial charge in [0.25, 0.3) is 0 Å². The Morgan fingerprint density at radius 1 is 1.31 bits per heavy atom. The minimum absolute atomic E-state index is 0.338. The molecule has 1 aliphatic rings. The molecule has 1 fully saturated rings. The topological polar surface area (TPSA) is 91.9 Å². The zero-order chi connectivity index (χ0) is 18.8. The summed E-state index contributed by atoms with van der Waals surface area (Å²) in [6, 6.07) is 5.75. The average Bonchev–Trinajstić information content (AvgIpc) is 3.18. The van der Waals surface area contributed by atoms with Crippen molar-refractivity contribution in [1.29, 1.82) is 0 Å². The average molecular weight is 357 g/mol. The summed E-state index contributed by atoms with van der Waals surface area (Å²) in [4.78, 5) is 16.6. The monoisotopic (exact) mass is 357 g/mol. The normalized spacial score (nSPS) is 16.3. The number of amides is 1. The van der Waals surface area contributed by atoms with Gasteiger partial charge in [-0.2, -0.15) is 5.10 Å². The molecule has 0 bridgehead atoms. The first kappa shape index (κ1) is 18.2. The van der Waals surface area contributed by atoms with Gasteiger partial charge in [-0.05, 0) is 65.5 Å². The Balaban J connectivity index is 1.78. The number of rotatable bonds is 4. The highest BCUT2D eigenvalue weighted by Crippen LogP contribution is 2.42. The third-order valence-electron chi connectivity index (χ3n) is 4.51. The van der Waals surface area contributed by atoms with Crippen LogP contribution in [0.2, 0.25) is 0 Å². The number of aryl methyl sites for hydroxylation is 1. The minimum Gasteiger partial charge on any atom is -0.436 e. The Morgan fingerprint density at radius 3 is 2.69 bits per heavy atom. The number of nitrogens with zero attached hydrogens (tertiary/aromatic N) is 2. The molecule has 0 saturated heterocycles. The van der Waals surface area contributed by atoms with E-state index in [1.54, 1.807) is 6.20 Å². The molecule has 0 aromatic carbocycles. The second-order valence-electron chi connectivity index (χ2n) is 7.89. The van der Waals surface area contributed by atoms with Gasteiger partial charge in [0.2, 0.25) is 0 Å². The SMILES string of the molecule is Cc1ncccc1Nc1cc(C2(OC(=O)NC(C)(C)C)CCCC2)[nH]n1. The molecule has 3 rings (SSSR count). The quantitative estimate of drug-likeness (QED) is 0.764. The van der Waals surface area contributed by atoms with E-state index >= 15 is 0 Å². The molecule has 0 aliphatic heterocycles. The summed E-state index contributed by atoms with van der Waals surface area (Å²) in [7, 11) is 0. The smallest absolute Gasteiger partial charge is 0.408 e. The summed E-state index contributed by atoms with van der Waals surface area (Å²) in [5.74, 6) is 0.683. The van der Waals surface area contributed by atoms with E-state index in [9.17, 15) is 4.79 Å². The maximum absolute atomic E-state index is 12.3. The Hall–Kier alpha value is -2.57. The highest BCUT2D eigenvalue weighted by molar-refractivity contribution is 5.69. The van der Waals surface area contributed by atoms with Gasteiger partial charge in [0.1, 0.15) is 0 Å². The fourth-order valence-electron chi connectivity index (χ4n) is 3.26. The van der Waals surface area contributed by atoms with Crippen LogP contribution in [0.4, 0.5) is 16.3 Å². The lowest BCUT2D eigenvalue weighted by Crippen LogP contribution is -2.44. The molecule has 0 spiro atoms. The van der Waals surface area contributed by atoms with E-state index in [4.69, 9.17) is 4.74 Å². The van der Waals surface area contributed by atoms with Crippen LogP contribution in [0, 0.1) is 6.92 Å². The number of carbonyl (C=O) groups is 1. The maximum Gasteiger partial charge on any atom is 0.408 e. The van der Waals surface area contributed by atoms with Gasteiger partial charge in [0.05, 0.1) is 17.1 Å². The molecule has 1 saturated carbocycles. The van der Waals surface area contributed by atoms with E-state index in [1.165, 1.54) is 0 Å². The molecular weight excluding hydrogens is 330 g/mol. The van der Waals surface area contributed by atoms with Crippen molar-refractivity contribution in [3.8, 4) is 0 Å². The number of nitrogens with one attached hydrogen (secondary N) is 3. The third kappa shape index (κ3) is 4.15. The Labute approximate surface area is 153 Å². The van der Waals surface area contributed by atoms with Crippen LogP contribution in [0.15, 0.2) is 24.4 Å². The van der Waals surface area contributed by atoms with Crippen LogP contribution in [0.25, 0.3) is 0 Å². The molecular formula is C19H27N5O2. The molecule has 3 N–H and O–H groups in total. The number of anilines is 2. The van der Waals surface area contributed by atoms with Crippen LogP contribution in [0.5, 0.6) is 0 Å². The van der Waals surface area contributed by atoms with E-state index in [2.05, 4.69) is 25.8 Å². The van der Waals surface area contributed by atoms with Crippen LogP contribution in [-0.4, -0.2) is 26.8 Å². The van der Waals surface area contributed by atoms with Crippen molar-refractivity contribution in [2.75, 3.05) is 5.32 Å². The van der Waals surface area contributed by atoms with Crippen LogP contribution < -0.4 is 10.6 Å².